The van der Waals surface area contributed by atoms with Gasteiger partial charge in [0, 0.05) is 5.38 Å². The Hall–Kier alpha value is -1.75. The van der Waals surface area contributed by atoms with E-state index in [2.05, 4.69) is 4.98 Å². The van der Waals surface area contributed by atoms with Gasteiger partial charge >= 0.3 is 0 Å². The van der Waals surface area contributed by atoms with Crippen LogP contribution >= 0.6 is 11.3 Å². The third-order valence-corrected chi connectivity index (χ3v) is 3.10. The lowest BCUT2D eigenvalue weighted by Crippen LogP contribution is -2.03. The fraction of sp³-hybridized carbons (Fsp3) is 0.308. The van der Waals surface area contributed by atoms with E-state index in [-0.39, 0.29) is 6.10 Å². The molecule has 1 unspecified atom stereocenters. The second kappa shape index (κ2) is 5.73. The number of nitrogen functional groups attached to an aromatic ring is 1. The van der Waals surface area contributed by atoms with Gasteiger partial charge in [0.15, 0.2) is 5.13 Å². The molecule has 1 heterocycles. The first kappa shape index (κ1) is 12.7. The molecule has 2 N–H and O–H groups in total. The zero-order valence-electron chi connectivity index (χ0n) is 10.4. The van der Waals surface area contributed by atoms with Crippen LogP contribution in [0.3, 0.4) is 0 Å². The first-order chi connectivity index (χ1) is 8.69. The summed E-state index contributed by atoms with van der Waals surface area (Å²) >= 11 is 1.42. The van der Waals surface area contributed by atoms with Crippen molar-refractivity contribution in [2.75, 3.05) is 12.3 Å². The molecule has 0 radical (unpaired) electrons. The van der Waals surface area contributed by atoms with Gasteiger partial charge in [0.1, 0.15) is 17.6 Å². The molecule has 1 aromatic carbocycles. The van der Waals surface area contributed by atoms with Gasteiger partial charge in [-0.2, -0.15) is 0 Å². The van der Waals surface area contributed by atoms with Crippen LogP contribution in [0.2, 0.25) is 0 Å². The molecule has 0 aliphatic heterocycles. The maximum absolute atomic E-state index is 5.78. The monoisotopic (exact) mass is 264 g/mol. The van der Waals surface area contributed by atoms with Crippen LogP contribution < -0.4 is 15.2 Å². The zero-order valence-corrected chi connectivity index (χ0v) is 11.2. The molecule has 2 aromatic rings. The summed E-state index contributed by atoms with van der Waals surface area (Å²) in [5.74, 6) is 1.63. The molecule has 0 aliphatic rings. The standard InChI is InChI=1S/C13H16N2O2S/c1-3-16-10-4-6-11(7-5-10)17-9(2)12-8-18-13(14)15-12/h4-9H,3H2,1-2H3,(H2,14,15). The normalized spacial score (nSPS) is 12.1. The average molecular weight is 264 g/mol. The van der Waals surface area contributed by atoms with E-state index in [1.165, 1.54) is 11.3 Å². The van der Waals surface area contributed by atoms with Gasteiger partial charge in [-0.05, 0) is 38.1 Å². The van der Waals surface area contributed by atoms with Gasteiger partial charge in [0.2, 0.25) is 0 Å². The maximum Gasteiger partial charge on any atom is 0.180 e. The Bertz CT molecular complexity index is 496. The number of nitrogens with two attached hydrogens (primary N) is 1. The van der Waals surface area contributed by atoms with Crippen LogP contribution in [0.1, 0.15) is 25.6 Å². The molecule has 0 aliphatic carbocycles. The second-order valence-corrected chi connectivity index (χ2v) is 4.66. The Morgan fingerprint density at radius 3 is 2.50 bits per heavy atom. The molecular weight excluding hydrogens is 248 g/mol. The summed E-state index contributed by atoms with van der Waals surface area (Å²) in [7, 11) is 0. The van der Waals surface area contributed by atoms with E-state index in [1.807, 2.05) is 43.5 Å². The van der Waals surface area contributed by atoms with E-state index in [9.17, 15) is 0 Å². The Kier molecular flexibility index (Phi) is 4.04. The molecule has 5 heteroatoms. The number of anilines is 1. The smallest absolute Gasteiger partial charge is 0.180 e. The van der Waals surface area contributed by atoms with Crippen LogP contribution in [0.4, 0.5) is 5.13 Å². The topological polar surface area (TPSA) is 57.4 Å². The summed E-state index contributed by atoms with van der Waals surface area (Å²) in [5.41, 5.74) is 6.45. The van der Waals surface area contributed by atoms with Crippen LogP contribution in [0.15, 0.2) is 29.6 Å². The summed E-state index contributed by atoms with van der Waals surface area (Å²) in [5, 5.41) is 2.47. The summed E-state index contributed by atoms with van der Waals surface area (Å²) in [6, 6.07) is 7.55. The summed E-state index contributed by atoms with van der Waals surface area (Å²) in [6.07, 6.45) is -0.114. The Labute approximate surface area is 110 Å². The lowest BCUT2D eigenvalue weighted by atomic mass is 10.3. The SMILES string of the molecule is CCOc1ccc(OC(C)c2csc(N)n2)cc1. The van der Waals surface area contributed by atoms with Crippen LogP contribution in [0, 0.1) is 0 Å². The van der Waals surface area contributed by atoms with Crippen LogP contribution in [-0.2, 0) is 0 Å². The minimum Gasteiger partial charge on any atom is -0.494 e. The molecule has 18 heavy (non-hydrogen) atoms. The predicted molar refractivity (Wildman–Crippen MR) is 73.2 cm³/mol. The number of nitrogens with zero attached hydrogens (tertiary/aromatic N) is 1. The van der Waals surface area contributed by atoms with Gasteiger partial charge in [-0.15, -0.1) is 11.3 Å². The molecule has 0 saturated heterocycles. The molecule has 0 amide bonds. The highest BCUT2D eigenvalue weighted by atomic mass is 32.1. The van der Waals surface area contributed by atoms with Gasteiger partial charge in [-0.1, -0.05) is 0 Å². The zero-order chi connectivity index (χ0) is 13.0. The van der Waals surface area contributed by atoms with Gasteiger partial charge in [-0.25, -0.2) is 4.98 Å². The van der Waals surface area contributed by atoms with E-state index >= 15 is 0 Å². The third-order valence-electron chi connectivity index (χ3n) is 2.40. The quantitative estimate of drug-likeness (QED) is 0.900. The van der Waals surface area contributed by atoms with Crippen molar-refractivity contribution in [3.8, 4) is 11.5 Å². The van der Waals surface area contributed by atoms with Crippen molar-refractivity contribution >= 4 is 16.5 Å². The molecule has 96 valence electrons. The number of aromatic nitrogens is 1. The molecule has 1 atom stereocenters. The minimum absolute atomic E-state index is 0.114. The fourth-order valence-electron chi connectivity index (χ4n) is 1.53. The van der Waals surface area contributed by atoms with Crippen molar-refractivity contribution < 1.29 is 9.47 Å². The first-order valence-electron chi connectivity index (χ1n) is 5.79. The van der Waals surface area contributed by atoms with Crippen LogP contribution in [-0.4, -0.2) is 11.6 Å². The van der Waals surface area contributed by atoms with Gasteiger partial charge in [0.25, 0.3) is 0 Å². The van der Waals surface area contributed by atoms with Gasteiger partial charge in [-0.3, -0.25) is 0 Å². The van der Waals surface area contributed by atoms with E-state index in [4.69, 9.17) is 15.2 Å². The molecule has 1 aromatic heterocycles. The third kappa shape index (κ3) is 3.13. The summed E-state index contributed by atoms with van der Waals surface area (Å²) in [6.45, 7) is 4.57. The Balaban J connectivity index is 2.00. The number of hydrogen-bond acceptors (Lipinski definition) is 5. The number of ether oxygens (including phenoxy) is 2. The number of thiazole rings is 1. The first-order valence-corrected chi connectivity index (χ1v) is 6.67. The van der Waals surface area contributed by atoms with Crippen molar-refractivity contribution in [3.05, 3.63) is 35.3 Å². The fourth-order valence-corrected chi connectivity index (χ4v) is 2.18. The van der Waals surface area contributed by atoms with Crippen molar-refractivity contribution in [1.29, 1.82) is 0 Å². The molecular formula is C13H16N2O2S. The van der Waals surface area contributed by atoms with Crippen molar-refractivity contribution in [2.45, 2.75) is 20.0 Å². The summed E-state index contributed by atoms with van der Waals surface area (Å²) < 4.78 is 11.2. The van der Waals surface area contributed by atoms with E-state index in [1.54, 1.807) is 0 Å². The van der Waals surface area contributed by atoms with E-state index in [0.29, 0.717) is 11.7 Å². The van der Waals surface area contributed by atoms with E-state index in [0.717, 1.165) is 17.2 Å². The van der Waals surface area contributed by atoms with Crippen LogP contribution in [0.5, 0.6) is 11.5 Å². The highest BCUT2D eigenvalue weighted by molar-refractivity contribution is 7.13. The number of hydrogen-bond donors (Lipinski definition) is 1. The molecule has 0 bridgehead atoms. The van der Waals surface area contributed by atoms with Crippen molar-refractivity contribution in [1.82, 2.24) is 4.98 Å². The largest absolute Gasteiger partial charge is 0.494 e. The lowest BCUT2D eigenvalue weighted by Gasteiger charge is -2.13. The Morgan fingerprint density at radius 1 is 1.28 bits per heavy atom. The van der Waals surface area contributed by atoms with Crippen LogP contribution in [0.25, 0.3) is 0 Å². The highest BCUT2D eigenvalue weighted by Crippen LogP contribution is 2.25. The maximum atomic E-state index is 5.78. The molecule has 4 nitrogen and oxygen atoms in total. The predicted octanol–water partition coefficient (Wildman–Crippen LogP) is 3.26. The lowest BCUT2D eigenvalue weighted by molar-refractivity contribution is 0.222. The number of benzene rings is 1. The summed E-state index contributed by atoms with van der Waals surface area (Å²) in [4.78, 5) is 4.20. The van der Waals surface area contributed by atoms with E-state index < -0.39 is 0 Å². The second-order valence-electron chi connectivity index (χ2n) is 3.78. The van der Waals surface area contributed by atoms with Gasteiger partial charge in [0.05, 0.1) is 12.3 Å². The molecule has 0 fully saturated rings. The van der Waals surface area contributed by atoms with Gasteiger partial charge < -0.3 is 15.2 Å². The minimum atomic E-state index is -0.114. The molecule has 0 spiro atoms. The average Bonchev–Trinajstić information content (AvgIpc) is 2.79. The molecule has 0 saturated carbocycles. The van der Waals surface area contributed by atoms with Crippen molar-refractivity contribution in [3.63, 3.8) is 0 Å². The molecule has 2 rings (SSSR count). The highest BCUT2D eigenvalue weighted by Gasteiger charge is 2.10. The number of rotatable bonds is 5. The Morgan fingerprint density at radius 2 is 1.94 bits per heavy atom. The van der Waals surface area contributed by atoms with Crippen molar-refractivity contribution in [2.24, 2.45) is 0 Å².